The predicted molar refractivity (Wildman–Crippen MR) is 63.2 cm³/mol. The average Bonchev–Trinajstić information content (AvgIpc) is 2.30. The van der Waals surface area contributed by atoms with Crippen molar-refractivity contribution >= 4 is 0 Å². The van der Waals surface area contributed by atoms with Crippen molar-refractivity contribution in [1.82, 2.24) is 4.90 Å². The second kappa shape index (κ2) is 5.43. The van der Waals surface area contributed by atoms with Crippen molar-refractivity contribution < 1.29 is 9.47 Å². The molecule has 0 saturated carbocycles. The van der Waals surface area contributed by atoms with Crippen LogP contribution < -0.4 is 0 Å². The van der Waals surface area contributed by atoms with Gasteiger partial charge in [0.05, 0.1) is 6.10 Å². The first-order valence-electron chi connectivity index (χ1n) is 5.80. The van der Waals surface area contributed by atoms with Crippen LogP contribution in [0.25, 0.3) is 0 Å². The summed E-state index contributed by atoms with van der Waals surface area (Å²) >= 11 is 0. The maximum atomic E-state index is 5.92. The Morgan fingerprint density at radius 1 is 1.31 bits per heavy atom. The number of hydrogen-bond donors (Lipinski definition) is 0. The number of ether oxygens (including phenoxy) is 2. The first kappa shape index (κ1) is 11.6. The van der Waals surface area contributed by atoms with E-state index in [2.05, 4.69) is 24.1 Å². The first-order chi connectivity index (χ1) is 7.79. The summed E-state index contributed by atoms with van der Waals surface area (Å²) in [7, 11) is 2.10. The van der Waals surface area contributed by atoms with Gasteiger partial charge in [0.1, 0.15) is 0 Å². The molecule has 88 valence electrons. The minimum Gasteiger partial charge on any atom is -0.352 e. The zero-order chi connectivity index (χ0) is 11.4. The quantitative estimate of drug-likeness (QED) is 0.779. The molecular formula is C13H19NO2. The maximum Gasteiger partial charge on any atom is 0.170 e. The maximum absolute atomic E-state index is 5.92. The molecule has 0 N–H and O–H groups in total. The molecule has 2 atom stereocenters. The van der Waals surface area contributed by atoms with Gasteiger partial charge in [0.2, 0.25) is 0 Å². The van der Waals surface area contributed by atoms with E-state index in [9.17, 15) is 0 Å². The minimum absolute atomic E-state index is 0.103. The molecule has 1 aliphatic rings. The van der Waals surface area contributed by atoms with Crippen molar-refractivity contribution in [1.29, 1.82) is 0 Å². The van der Waals surface area contributed by atoms with Crippen molar-refractivity contribution in [3.8, 4) is 0 Å². The molecule has 0 aliphatic carbocycles. The monoisotopic (exact) mass is 221 g/mol. The molecule has 1 aliphatic heterocycles. The van der Waals surface area contributed by atoms with E-state index in [1.165, 1.54) is 5.56 Å². The van der Waals surface area contributed by atoms with Gasteiger partial charge in [-0.2, -0.15) is 0 Å². The van der Waals surface area contributed by atoms with Crippen LogP contribution in [0.5, 0.6) is 0 Å². The van der Waals surface area contributed by atoms with Crippen molar-refractivity contribution in [2.45, 2.75) is 19.3 Å². The van der Waals surface area contributed by atoms with Crippen molar-refractivity contribution in [3.05, 3.63) is 35.9 Å². The summed E-state index contributed by atoms with van der Waals surface area (Å²) in [5, 5.41) is 0. The molecular weight excluding hydrogens is 202 g/mol. The lowest BCUT2D eigenvalue weighted by Crippen LogP contribution is -2.43. The van der Waals surface area contributed by atoms with Gasteiger partial charge in [0.25, 0.3) is 0 Å². The summed E-state index contributed by atoms with van der Waals surface area (Å²) < 4.78 is 11.5. The zero-order valence-corrected chi connectivity index (χ0v) is 9.93. The van der Waals surface area contributed by atoms with Gasteiger partial charge >= 0.3 is 0 Å². The predicted octanol–water partition coefficient (Wildman–Crippen LogP) is 2.05. The van der Waals surface area contributed by atoms with Crippen LogP contribution in [-0.2, 0) is 9.47 Å². The third-order valence-electron chi connectivity index (χ3n) is 2.78. The third-order valence-corrected chi connectivity index (χ3v) is 2.78. The normalized spacial score (nSPS) is 26.9. The van der Waals surface area contributed by atoms with Crippen molar-refractivity contribution in [2.24, 2.45) is 0 Å². The second-order valence-electron chi connectivity index (χ2n) is 4.14. The highest BCUT2D eigenvalue weighted by Gasteiger charge is 2.26. The van der Waals surface area contributed by atoms with E-state index in [-0.39, 0.29) is 12.4 Å². The third kappa shape index (κ3) is 2.82. The molecule has 1 saturated heterocycles. The Morgan fingerprint density at radius 3 is 2.75 bits per heavy atom. The molecule has 0 unspecified atom stereocenters. The summed E-state index contributed by atoms with van der Waals surface area (Å²) in [5.74, 6) is 0. The summed E-state index contributed by atoms with van der Waals surface area (Å²) in [4.78, 5) is 2.25. The Bertz CT molecular complexity index is 315. The summed E-state index contributed by atoms with van der Waals surface area (Å²) in [6.07, 6.45) is 0.0189. The lowest BCUT2D eigenvalue weighted by Gasteiger charge is -2.35. The molecule has 3 nitrogen and oxygen atoms in total. The van der Waals surface area contributed by atoms with E-state index in [1.807, 2.05) is 25.1 Å². The first-order valence-corrected chi connectivity index (χ1v) is 5.80. The van der Waals surface area contributed by atoms with Crippen LogP contribution in [0.2, 0.25) is 0 Å². The Labute approximate surface area is 97.0 Å². The SMILES string of the molecule is CCO[C@@H]1CN(C)C[C@@H](c2ccccc2)O1. The van der Waals surface area contributed by atoms with E-state index >= 15 is 0 Å². The number of likely N-dealkylation sites (N-methyl/N-ethyl adjacent to an activating group) is 1. The van der Waals surface area contributed by atoms with Crippen molar-refractivity contribution in [3.63, 3.8) is 0 Å². The molecule has 0 bridgehead atoms. The Morgan fingerprint density at radius 2 is 2.06 bits per heavy atom. The van der Waals surface area contributed by atoms with Gasteiger partial charge in [0, 0.05) is 19.7 Å². The Balaban J connectivity index is 2.04. The highest BCUT2D eigenvalue weighted by Crippen LogP contribution is 2.24. The number of benzene rings is 1. The van der Waals surface area contributed by atoms with Crippen LogP contribution in [0.3, 0.4) is 0 Å². The van der Waals surface area contributed by atoms with Gasteiger partial charge in [-0.25, -0.2) is 0 Å². The summed E-state index contributed by atoms with van der Waals surface area (Å²) in [5.41, 5.74) is 1.22. The van der Waals surface area contributed by atoms with Crippen LogP contribution >= 0.6 is 0 Å². The van der Waals surface area contributed by atoms with E-state index in [4.69, 9.17) is 9.47 Å². The molecule has 0 amide bonds. The molecule has 2 rings (SSSR count). The lowest BCUT2D eigenvalue weighted by atomic mass is 10.1. The summed E-state index contributed by atoms with van der Waals surface area (Å²) in [6, 6.07) is 10.3. The molecule has 1 aromatic rings. The van der Waals surface area contributed by atoms with Crippen LogP contribution in [0, 0.1) is 0 Å². The van der Waals surface area contributed by atoms with E-state index in [0.717, 1.165) is 13.1 Å². The minimum atomic E-state index is -0.103. The standard InChI is InChI=1S/C13H19NO2/c1-3-15-13-10-14(2)9-12(16-13)11-7-5-4-6-8-11/h4-8,12-13H,3,9-10H2,1-2H3/t12-,13-/m0/s1. The highest BCUT2D eigenvalue weighted by molar-refractivity contribution is 5.18. The average molecular weight is 221 g/mol. The van der Waals surface area contributed by atoms with Crippen molar-refractivity contribution in [2.75, 3.05) is 26.7 Å². The summed E-state index contributed by atoms with van der Waals surface area (Å²) in [6.45, 7) is 4.46. The van der Waals surface area contributed by atoms with Gasteiger partial charge in [-0.1, -0.05) is 30.3 Å². The molecule has 16 heavy (non-hydrogen) atoms. The zero-order valence-electron chi connectivity index (χ0n) is 9.93. The molecule has 0 spiro atoms. The molecule has 1 heterocycles. The molecule has 0 aromatic heterocycles. The van der Waals surface area contributed by atoms with Gasteiger partial charge in [-0.15, -0.1) is 0 Å². The van der Waals surface area contributed by atoms with Crippen LogP contribution in [0.1, 0.15) is 18.6 Å². The molecule has 1 fully saturated rings. The van der Waals surface area contributed by atoms with Gasteiger partial charge in [0.15, 0.2) is 6.29 Å². The van der Waals surface area contributed by atoms with Crippen LogP contribution in [0.4, 0.5) is 0 Å². The van der Waals surface area contributed by atoms with Crippen LogP contribution in [0.15, 0.2) is 30.3 Å². The number of nitrogens with zero attached hydrogens (tertiary/aromatic N) is 1. The van der Waals surface area contributed by atoms with E-state index in [1.54, 1.807) is 0 Å². The topological polar surface area (TPSA) is 21.7 Å². The van der Waals surface area contributed by atoms with Gasteiger partial charge < -0.3 is 9.47 Å². The fourth-order valence-electron chi connectivity index (χ4n) is 2.01. The fraction of sp³-hybridized carbons (Fsp3) is 0.538. The number of morpholine rings is 1. The van der Waals surface area contributed by atoms with E-state index < -0.39 is 0 Å². The van der Waals surface area contributed by atoms with E-state index in [0.29, 0.717) is 6.61 Å². The molecule has 3 heteroatoms. The lowest BCUT2D eigenvalue weighted by molar-refractivity contribution is -0.207. The van der Waals surface area contributed by atoms with Gasteiger partial charge in [-0.3, -0.25) is 4.90 Å². The molecule has 1 aromatic carbocycles. The largest absolute Gasteiger partial charge is 0.352 e. The number of rotatable bonds is 3. The molecule has 0 radical (unpaired) electrons. The second-order valence-corrected chi connectivity index (χ2v) is 4.14. The van der Waals surface area contributed by atoms with Crippen LogP contribution in [-0.4, -0.2) is 37.9 Å². The highest BCUT2D eigenvalue weighted by atomic mass is 16.7. The Hall–Kier alpha value is -0.900. The fourth-order valence-corrected chi connectivity index (χ4v) is 2.01. The van der Waals surface area contributed by atoms with Gasteiger partial charge in [-0.05, 0) is 19.5 Å². The smallest absolute Gasteiger partial charge is 0.170 e. The number of hydrogen-bond acceptors (Lipinski definition) is 3. The Kier molecular flexibility index (Phi) is 3.93.